The second-order valence-corrected chi connectivity index (χ2v) is 3.04. The van der Waals surface area contributed by atoms with Crippen LogP contribution in [0.25, 0.3) is 11.4 Å². The third-order valence-electron chi connectivity index (χ3n) is 1.52. The highest BCUT2D eigenvalue weighted by molar-refractivity contribution is 9.08. The van der Waals surface area contributed by atoms with E-state index in [2.05, 4.69) is 31.7 Å². The number of hydrogen-bond donors (Lipinski definition) is 0. The van der Waals surface area contributed by atoms with E-state index in [1.165, 1.54) is 15.8 Å². The van der Waals surface area contributed by atoms with Crippen LogP contribution in [0.1, 0.15) is 0 Å². The third kappa shape index (κ3) is 1.57. The number of rotatable bonds is 1. The van der Waals surface area contributed by atoms with Crippen LogP contribution >= 0.6 is 16.1 Å². The van der Waals surface area contributed by atoms with Gasteiger partial charge in [0.15, 0.2) is 5.82 Å². The fraction of sp³-hybridized carbons (Fsp3) is 0. The van der Waals surface area contributed by atoms with Gasteiger partial charge in [-0.25, -0.2) is 4.39 Å². The summed E-state index contributed by atoms with van der Waals surface area (Å²) in [6.07, 6.45) is 0. The van der Waals surface area contributed by atoms with Crippen molar-refractivity contribution in [2.24, 2.45) is 0 Å². The zero-order valence-corrected chi connectivity index (χ0v) is 7.94. The highest BCUT2D eigenvalue weighted by Gasteiger charge is 2.06. The van der Waals surface area contributed by atoms with Gasteiger partial charge in [-0.3, -0.25) is 0 Å². The summed E-state index contributed by atoms with van der Waals surface area (Å²) >= 11 is 3.09. The lowest BCUT2D eigenvalue weighted by molar-refractivity contribution is 0.628. The van der Waals surface area contributed by atoms with Crippen molar-refractivity contribution >= 4 is 16.1 Å². The number of halogens is 2. The molecule has 0 N–H and O–H groups in total. The Morgan fingerprint density at radius 1 is 1.38 bits per heavy atom. The standard InChI is InChI=1S/C7H4BrFN4/c8-13-7(10-11-12-13)5-2-1-3-6(9)4-5/h1-4H. The van der Waals surface area contributed by atoms with E-state index in [1.807, 2.05) is 0 Å². The second kappa shape index (κ2) is 3.21. The average Bonchev–Trinajstić information content (AvgIpc) is 2.51. The lowest BCUT2D eigenvalue weighted by atomic mass is 10.2. The SMILES string of the molecule is Fc1cccc(-c2nnnn2Br)c1. The summed E-state index contributed by atoms with van der Waals surface area (Å²) in [6.45, 7) is 0. The molecular formula is C7H4BrFN4. The summed E-state index contributed by atoms with van der Waals surface area (Å²) in [4.78, 5) is 0. The van der Waals surface area contributed by atoms with Crippen molar-refractivity contribution in [1.82, 2.24) is 19.2 Å². The van der Waals surface area contributed by atoms with Crippen LogP contribution < -0.4 is 0 Å². The van der Waals surface area contributed by atoms with E-state index in [1.54, 1.807) is 12.1 Å². The van der Waals surface area contributed by atoms with Crippen molar-refractivity contribution in [3.63, 3.8) is 0 Å². The van der Waals surface area contributed by atoms with E-state index in [0.29, 0.717) is 11.4 Å². The lowest BCUT2D eigenvalue weighted by Gasteiger charge is -1.96. The fourth-order valence-electron chi connectivity index (χ4n) is 0.969. The minimum absolute atomic E-state index is 0.312. The summed E-state index contributed by atoms with van der Waals surface area (Å²) in [5.41, 5.74) is 0.627. The van der Waals surface area contributed by atoms with Crippen LogP contribution in [0, 0.1) is 5.82 Å². The molecule has 66 valence electrons. The molecule has 0 saturated carbocycles. The lowest BCUT2D eigenvalue weighted by Crippen LogP contribution is -1.88. The molecule has 6 heteroatoms. The Morgan fingerprint density at radius 2 is 2.23 bits per heavy atom. The van der Waals surface area contributed by atoms with Crippen molar-refractivity contribution in [1.29, 1.82) is 0 Å². The number of nitrogens with zero attached hydrogens (tertiary/aromatic N) is 4. The smallest absolute Gasteiger partial charge is 0.194 e. The number of tetrazole rings is 1. The quantitative estimate of drug-likeness (QED) is 0.764. The maximum atomic E-state index is 12.8. The van der Waals surface area contributed by atoms with Gasteiger partial charge in [-0.2, -0.15) is 3.71 Å². The van der Waals surface area contributed by atoms with Gasteiger partial charge in [-0.05, 0) is 22.6 Å². The van der Waals surface area contributed by atoms with E-state index >= 15 is 0 Å². The Bertz CT molecular complexity index is 428. The second-order valence-electron chi connectivity index (χ2n) is 2.37. The first-order valence-electron chi connectivity index (χ1n) is 3.48. The Kier molecular flexibility index (Phi) is 2.05. The highest BCUT2D eigenvalue weighted by atomic mass is 79.9. The van der Waals surface area contributed by atoms with Gasteiger partial charge in [0.1, 0.15) is 5.82 Å². The van der Waals surface area contributed by atoms with Crippen LogP contribution in [0.5, 0.6) is 0 Å². The molecule has 0 aliphatic carbocycles. The molecular weight excluding hydrogens is 239 g/mol. The minimum Gasteiger partial charge on any atom is -0.207 e. The van der Waals surface area contributed by atoms with Gasteiger partial charge in [0.25, 0.3) is 0 Å². The summed E-state index contributed by atoms with van der Waals surface area (Å²) in [7, 11) is 0. The van der Waals surface area contributed by atoms with E-state index in [9.17, 15) is 4.39 Å². The zero-order valence-electron chi connectivity index (χ0n) is 6.35. The molecule has 0 unspecified atom stereocenters. The van der Waals surface area contributed by atoms with Crippen LogP contribution in [-0.2, 0) is 0 Å². The third-order valence-corrected chi connectivity index (χ3v) is 1.99. The Hall–Kier alpha value is -1.30. The van der Waals surface area contributed by atoms with Crippen LogP contribution in [0.3, 0.4) is 0 Å². The average molecular weight is 243 g/mol. The number of aromatic nitrogens is 4. The monoisotopic (exact) mass is 242 g/mol. The van der Waals surface area contributed by atoms with Crippen LogP contribution in [0.2, 0.25) is 0 Å². The molecule has 4 nitrogen and oxygen atoms in total. The highest BCUT2D eigenvalue weighted by Crippen LogP contribution is 2.17. The Morgan fingerprint density at radius 3 is 2.85 bits per heavy atom. The number of benzene rings is 1. The van der Waals surface area contributed by atoms with Gasteiger partial charge < -0.3 is 0 Å². The fourth-order valence-corrected chi connectivity index (χ4v) is 1.31. The summed E-state index contributed by atoms with van der Waals surface area (Å²) < 4.78 is 14.1. The van der Waals surface area contributed by atoms with Crippen molar-refractivity contribution in [2.75, 3.05) is 0 Å². The topological polar surface area (TPSA) is 43.6 Å². The molecule has 1 aromatic heterocycles. The first-order valence-corrected chi connectivity index (χ1v) is 4.19. The molecule has 0 radical (unpaired) electrons. The molecule has 0 fully saturated rings. The van der Waals surface area contributed by atoms with Gasteiger partial charge >= 0.3 is 0 Å². The summed E-state index contributed by atoms with van der Waals surface area (Å²) in [6, 6.07) is 6.06. The molecule has 0 spiro atoms. The maximum absolute atomic E-state index is 12.8. The molecule has 0 aliphatic rings. The van der Waals surface area contributed by atoms with Gasteiger partial charge in [-0.1, -0.05) is 12.1 Å². The van der Waals surface area contributed by atoms with Crippen molar-refractivity contribution in [3.8, 4) is 11.4 Å². The van der Waals surface area contributed by atoms with Crippen LogP contribution in [0.4, 0.5) is 4.39 Å². The minimum atomic E-state index is -0.312. The molecule has 2 rings (SSSR count). The summed E-state index contributed by atoms with van der Waals surface area (Å²) in [5, 5.41) is 10.7. The normalized spacial score (nSPS) is 10.3. The van der Waals surface area contributed by atoms with E-state index in [0.717, 1.165) is 0 Å². The van der Waals surface area contributed by atoms with Gasteiger partial charge in [0.2, 0.25) is 0 Å². The van der Waals surface area contributed by atoms with Crippen LogP contribution in [0.15, 0.2) is 24.3 Å². The molecule has 0 atom stereocenters. The van der Waals surface area contributed by atoms with E-state index in [-0.39, 0.29) is 5.82 Å². The first kappa shape index (κ1) is 8.31. The molecule has 0 saturated heterocycles. The maximum Gasteiger partial charge on any atom is 0.194 e. The van der Waals surface area contributed by atoms with Gasteiger partial charge in [0.05, 0.1) is 16.1 Å². The van der Waals surface area contributed by atoms with E-state index in [4.69, 9.17) is 0 Å². The number of hydrogen-bond acceptors (Lipinski definition) is 3. The van der Waals surface area contributed by atoms with Crippen molar-refractivity contribution in [2.45, 2.75) is 0 Å². The van der Waals surface area contributed by atoms with Gasteiger partial charge in [-0.15, -0.1) is 5.10 Å². The van der Waals surface area contributed by atoms with E-state index < -0.39 is 0 Å². The first-order chi connectivity index (χ1) is 6.27. The molecule has 0 amide bonds. The largest absolute Gasteiger partial charge is 0.207 e. The van der Waals surface area contributed by atoms with Crippen molar-refractivity contribution in [3.05, 3.63) is 30.1 Å². The van der Waals surface area contributed by atoms with Crippen molar-refractivity contribution < 1.29 is 4.39 Å². The Balaban J connectivity index is 2.53. The Labute approximate surface area is 81.7 Å². The molecule has 0 aliphatic heterocycles. The predicted octanol–water partition coefficient (Wildman–Crippen LogP) is 1.64. The summed E-state index contributed by atoms with van der Waals surface area (Å²) in [5.74, 6) is 0.160. The predicted molar refractivity (Wildman–Crippen MR) is 47.5 cm³/mol. The molecule has 1 aromatic carbocycles. The molecule has 2 aromatic rings. The van der Waals surface area contributed by atoms with Crippen LogP contribution in [-0.4, -0.2) is 19.2 Å². The molecule has 0 bridgehead atoms. The molecule has 13 heavy (non-hydrogen) atoms. The van der Waals surface area contributed by atoms with Gasteiger partial charge in [0, 0.05) is 5.56 Å². The molecule has 1 heterocycles. The zero-order chi connectivity index (χ0) is 9.26.